The van der Waals surface area contributed by atoms with Crippen LogP contribution < -0.4 is 14.8 Å². The molecule has 1 N–H and O–H groups in total. The van der Waals surface area contributed by atoms with Crippen LogP contribution in [0.4, 0.5) is 0 Å². The van der Waals surface area contributed by atoms with Crippen LogP contribution in [0.1, 0.15) is 11.1 Å². The lowest BCUT2D eigenvalue weighted by atomic mass is 10.1. The molecule has 8 heteroatoms. The van der Waals surface area contributed by atoms with Crippen molar-refractivity contribution < 1.29 is 9.47 Å². The predicted molar refractivity (Wildman–Crippen MR) is 121 cm³/mol. The van der Waals surface area contributed by atoms with E-state index in [4.69, 9.17) is 9.47 Å². The third-order valence-corrected chi connectivity index (χ3v) is 4.63. The van der Waals surface area contributed by atoms with Gasteiger partial charge in [-0.3, -0.25) is 0 Å². The number of hydrogen-bond donors (Lipinski definition) is 1. The Balaban J connectivity index is 0.00000272. The van der Waals surface area contributed by atoms with Crippen LogP contribution >= 0.6 is 12.4 Å². The lowest BCUT2D eigenvalue weighted by Crippen LogP contribution is -2.16. The summed E-state index contributed by atoms with van der Waals surface area (Å²) in [5.74, 6) is 1.57. The molecule has 160 valence electrons. The van der Waals surface area contributed by atoms with Gasteiger partial charge in [0.1, 0.15) is 11.5 Å². The number of rotatable bonds is 9. The maximum Gasteiger partial charge on any atom is 0.345 e. The van der Waals surface area contributed by atoms with Crippen molar-refractivity contribution in [2.75, 3.05) is 13.7 Å². The number of halogens is 1. The maximum atomic E-state index is 5.93. The van der Waals surface area contributed by atoms with Crippen molar-refractivity contribution in [3.63, 3.8) is 0 Å². The van der Waals surface area contributed by atoms with E-state index in [9.17, 15) is 0 Å². The molecule has 31 heavy (non-hydrogen) atoms. The Morgan fingerprint density at radius 2 is 1.68 bits per heavy atom. The fraction of sp³-hybridized carbons (Fsp3) is 0.174. The van der Waals surface area contributed by atoms with E-state index in [0.717, 1.165) is 36.5 Å². The summed E-state index contributed by atoms with van der Waals surface area (Å²) in [6.07, 6.45) is 0.950. The fourth-order valence-corrected chi connectivity index (χ4v) is 3.06. The lowest BCUT2D eigenvalue weighted by Gasteiger charge is -2.09. The van der Waals surface area contributed by atoms with Gasteiger partial charge in [-0.15, -0.1) is 12.4 Å². The van der Waals surface area contributed by atoms with Crippen molar-refractivity contribution in [1.29, 1.82) is 0 Å². The summed E-state index contributed by atoms with van der Waals surface area (Å²) < 4.78 is 12.7. The van der Waals surface area contributed by atoms with Gasteiger partial charge >= 0.3 is 6.01 Å². The standard InChI is InChI=1S/C23H23N5O2.ClH/c1-29-21-12-10-18(11-13-21)14-15-24-17-19-6-5-9-22(16-19)30-23-25-26-27-28(23)20-7-3-2-4-8-20;/h2-13,16,24H,14-15,17H2,1H3;1H. The molecule has 0 aliphatic rings. The van der Waals surface area contributed by atoms with Gasteiger partial charge in [0.15, 0.2) is 0 Å². The Morgan fingerprint density at radius 1 is 0.871 bits per heavy atom. The number of nitrogens with one attached hydrogen (secondary N) is 1. The number of ether oxygens (including phenoxy) is 2. The average Bonchev–Trinajstić information content (AvgIpc) is 3.26. The number of tetrazole rings is 1. The number of hydrogen-bond acceptors (Lipinski definition) is 6. The summed E-state index contributed by atoms with van der Waals surface area (Å²) in [6.45, 7) is 1.63. The minimum Gasteiger partial charge on any atom is -0.497 e. The molecule has 0 aliphatic carbocycles. The highest BCUT2D eigenvalue weighted by Gasteiger charge is 2.10. The molecule has 0 amide bonds. The summed E-state index contributed by atoms with van der Waals surface area (Å²) >= 11 is 0. The SMILES string of the molecule is COc1ccc(CCNCc2cccc(Oc3nnnn3-c3ccccc3)c2)cc1.Cl. The van der Waals surface area contributed by atoms with Crippen LogP contribution in [0.5, 0.6) is 17.5 Å². The summed E-state index contributed by atoms with van der Waals surface area (Å²) in [6, 6.07) is 26.0. The maximum absolute atomic E-state index is 5.93. The predicted octanol–water partition coefficient (Wildman–Crippen LogP) is 4.22. The molecular weight excluding hydrogens is 414 g/mol. The number of para-hydroxylation sites is 1. The van der Waals surface area contributed by atoms with Crippen molar-refractivity contribution in [2.24, 2.45) is 0 Å². The van der Waals surface area contributed by atoms with Gasteiger partial charge in [-0.1, -0.05) is 47.6 Å². The average molecular weight is 438 g/mol. The quantitative estimate of drug-likeness (QED) is 0.395. The largest absolute Gasteiger partial charge is 0.497 e. The molecule has 1 aromatic heterocycles. The summed E-state index contributed by atoms with van der Waals surface area (Å²) in [5, 5.41) is 15.2. The highest BCUT2D eigenvalue weighted by Crippen LogP contribution is 2.22. The van der Waals surface area contributed by atoms with Gasteiger partial charge in [-0.05, 0) is 70.9 Å². The molecule has 0 spiro atoms. The van der Waals surface area contributed by atoms with E-state index in [0.29, 0.717) is 11.8 Å². The minimum absolute atomic E-state index is 0. The zero-order chi connectivity index (χ0) is 20.6. The van der Waals surface area contributed by atoms with Gasteiger partial charge in [-0.25, -0.2) is 0 Å². The van der Waals surface area contributed by atoms with Crippen LogP contribution in [0, 0.1) is 0 Å². The summed E-state index contributed by atoms with van der Waals surface area (Å²) in [5.41, 5.74) is 3.24. The first kappa shape index (κ1) is 22.3. The van der Waals surface area contributed by atoms with Gasteiger partial charge in [0.25, 0.3) is 0 Å². The molecule has 0 saturated heterocycles. The molecule has 0 unspecified atom stereocenters. The lowest BCUT2D eigenvalue weighted by molar-refractivity contribution is 0.414. The molecule has 0 radical (unpaired) electrons. The van der Waals surface area contributed by atoms with Crippen LogP contribution in [0.2, 0.25) is 0 Å². The molecule has 4 aromatic rings. The monoisotopic (exact) mass is 437 g/mol. The van der Waals surface area contributed by atoms with Crippen molar-refractivity contribution >= 4 is 12.4 Å². The van der Waals surface area contributed by atoms with E-state index in [1.807, 2.05) is 60.7 Å². The Kier molecular flexibility index (Phi) is 7.98. The number of nitrogens with zero attached hydrogens (tertiary/aromatic N) is 4. The normalized spacial score (nSPS) is 10.4. The van der Waals surface area contributed by atoms with Gasteiger partial charge < -0.3 is 14.8 Å². The molecule has 0 fully saturated rings. The summed E-state index contributed by atoms with van der Waals surface area (Å²) in [7, 11) is 1.68. The zero-order valence-corrected chi connectivity index (χ0v) is 18.0. The molecule has 4 rings (SSSR count). The van der Waals surface area contributed by atoms with Crippen molar-refractivity contribution in [3.05, 3.63) is 90.0 Å². The first-order valence-electron chi connectivity index (χ1n) is 9.76. The molecule has 0 saturated carbocycles. The van der Waals surface area contributed by atoms with Crippen molar-refractivity contribution in [1.82, 2.24) is 25.5 Å². The summed E-state index contributed by atoms with van der Waals surface area (Å²) in [4.78, 5) is 0. The molecular formula is C23H24ClN5O2. The van der Waals surface area contributed by atoms with Crippen molar-refractivity contribution in [3.8, 4) is 23.2 Å². The van der Waals surface area contributed by atoms with E-state index in [1.165, 1.54) is 5.56 Å². The number of aromatic nitrogens is 4. The highest BCUT2D eigenvalue weighted by molar-refractivity contribution is 5.85. The Morgan fingerprint density at radius 3 is 2.45 bits per heavy atom. The van der Waals surface area contributed by atoms with Crippen LogP contribution in [0.15, 0.2) is 78.9 Å². The fourth-order valence-electron chi connectivity index (χ4n) is 3.06. The van der Waals surface area contributed by atoms with Crippen LogP contribution in [0.3, 0.4) is 0 Å². The van der Waals surface area contributed by atoms with E-state index in [2.05, 4.69) is 39.0 Å². The number of methoxy groups -OCH3 is 1. The Bertz CT molecular complexity index is 1070. The molecule has 1 heterocycles. The first-order chi connectivity index (χ1) is 14.8. The van der Waals surface area contributed by atoms with Crippen LogP contribution in [-0.2, 0) is 13.0 Å². The van der Waals surface area contributed by atoms with E-state index in [1.54, 1.807) is 11.8 Å². The third kappa shape index (κ3) is 6.04. The van der Waals surface area contributed by atoms with Gasteiger partial charge in [0.05, 0.1) is 12.8 Å². The second kappa shape index (κ2) is 11.1. The van der Waals surface area contributed by atoms with E-state index >= 15 is 0 Å². The molecule has 0 aliphatic heterocycles. The second-order valence-electron chi connectivity index (χ2n) is 6.73. The number of benzene rings is 3. The van der Waals surface area contributed by atoms with Crippen molar-refractivity contribution in [2.45, 2.75) is 13.0 Å². The zero-order valence-electron chi connectivity index (χ0n) is 17.1. The molecule has 0 bridgehead atoms. The van der Waals surface area contributed by atoms with Crippen LogP contribution in [0.25, 0.3) is 5.69 Å². The smallest absolute Gasteiger partial charge is 0.345 e. The van der Waals surface area contributed by atoms with Gasteiger partial charge in [0, 0.05) is 6.54 Å². The van der Waals surface area contributed by atoms with E-state index in [-0.39, 0.29) is 12.4 Å². The first-order valence-corrected chi connectivity index (χ1v) is 9.76. The molecule has 7 nitrogen and oxygen atoms in total. The topological polar surface area (TPSA) is 74.1 Å². The molecule has 3 aromatic carbocycles. The third-order valence-electron chi connectivity index (χ3n) is 4.63. The highest BCUT2D eigenvalue weighted by atomic mass is 35.5. The molecule has 0 atom stereocenters. The van der Waals surface area contributed by atoms with Crippen LogP contribution in [-0.4, -0.2) is 33.9 Å². The Hall–Kier alpha value is -3.42. The second-order valence-corrected chi connectivity index (χ2v) is 6.73. The Labute approximate surface area is 187 Å². The van der Waals surface area contributed by atoms with Gasteiger partial charge in [-0.2, -0.15) is 4.68 Å². The van der Waals surface area contributed by atoms with E-state index < -0.39 is 0 Å². The van der Waals surface area contributed by atoms with Gasteiger partial charge in [0.2, 0.25) is 0 Å². The minimum atomic E-state index is 0.